The molecule has 0 saturated carbocycles. The number of anilines is 1. The zero-order valence-electron chi connectivity index (χ0n) is 25.9. The Balaban J connectivity index is 2.09. The highest BCUT2D eigenvalue weighted by molar-refractivity contribution is 6.74. The molecule has 14 heteroatoms. The van der Waals surface area contributed by atoms with Crippen molar-refractivity contribution in [2.45, 2.75) is 110 Å². The molecule has 1 unspecified atom stereocenters. The van der Waals surface area contributed by atoms with Crippen molar-refractivity contribution in [1.82, 2.24) is 19.5 Å². The van der Waals surface area contributed by atoms with Gasteiger partial charge in [0.2, 0.25) is 11.9 Å². The van der Waals surface area contributed by atoms with Gasteiger partial charge in [-0.3, -0.25) is 24.5 Å². The summed E-state index contributed by atoms with van der Waals surface area (Å²) in [5.74, 6) is -0.592. The average Bonchev–Trinajstić information content (AvgIpc) is 3.37. The lowest BCUT2D eigenvalue weighted by atomic mass is 10.1. The van der Waals surface area contributed by atoms with Crippen molar-refractivity contribution >= 4 is 45.4 Å². The summed E-state index contributed by atoms with van der Waals surface area (Å²) in [7, 11) is -4.56. The van der Waals surface area contributed by atoms with Crippen LogP contribution in [-0.2, 0) is 18.4 Å². The molecule has 0 bridgehead atoms. The largest absolute Gasteiger partial charge is 0.414 e. The van der Waals surface area contributed by atoms with Gasteiger partial charge >= 0.3 is 0 Å². The first kappa shape index (κ1) is 32.1. The molecule has 1 fully saturated rings. The summed E-state index contributed by atoms with van der Waals surface area (Å²) in [6.07, 6.45) is -0.870. The summed E-state index contributed by atoms with van der Waals surface area (Å²) in [6, 6.07) is 0. The minimum absolute atomic E-state index is 0.00618. The van der Waals surface area contributed by atoms with Crippen LogP contribution in [0.3, 0.4) is 0 Å². The molecular weight excluding hydrogens is 548 g/mol. The molecule has 224 valence electrons. The fourth-order valence-corrected chi connectivity index (χ4v) is 5.87. The Morgan fingerprint density at radius 1 is 1.18 bits per heavy atom. The lowest BCUT2D eigenvalue weighted by Crippen LogP contribution is -2.48. The maximum atomic E-state index is 12.8. The van der Waals surface area contributed by atoms with Crippen molar-refractivity contribution in [3.63, 3.8) is 0 Å². The lowest BCUT2D eigenvalue weighted by molar-refractivity contribution is -0.118. The Labute approximate surface area is 238 Å². The van der Waals surface area contributed by atoms with Gasteiger partial charge in [-0.15, -0.1) is 0 Å². The molecule has 12 nitrogen and oxygen atoms in total. The molecular formula is C26H46N6O6Si2. The second-order valence-electron chi connectivity index (χ2n) is 13.8. The molecule has 0 aromatic carbocycles. The Hall–Kier alpha value is -2.40. The van der Waals surface area contributed by atoms with Crippen molar-refractivity contribution in [2.75, 3.05) is 11.9 Å². The van der Waals surface area contributed by atoms with Crippen LogP contribution >= 0.6 is 0 Å². The van der Waals surface area contributed by atoms with Crippen LogP contribution in [0.25, 0.3) is 11.2 Å². The van der Waals surface area contributed by atoms with Crippen LogP contribution in [-0.4, -0.2) is 71.8 Å². The normalized spacial score (nSPS) is 22.0. The number of nitrogens with zero attached hydrogens (tertiary/aromatic N) is 4. The zero-order chi connectivity index (χ0) is 30.4. The highest BCUT2D eigenvalue weighted by atomic mass is 28.4. The molecule has 0 aliphatic carbocycles. The number of oxime groups is 1. The first-order valence-electron chi connectivity index (χ1n) is 13.7. The molecule has 3 N–H and O–H groups in total. The van der Waals surface area contributed by atoms with E-state index in [1.54, 1.807) is 18.4 Å². The Bertz CT molecular complexity index is 1320. The number of aromatic nitrogens is 4. The van der Waals surface area contributed by atoms with Gasteiger partial charge in [-0.1, -0.05) is 60.5 Å². The minimum Gasteiger partial charge on any atom is -0.414 e. The number of carbonyl (C=O) groups excluding carboxylic acids is 1. The topological polar surface area (TPSA) is 153 Å². The van der Waals surface area contributed by atoms with Gasteiger partial charge in [0, 0.05) is 5.92 Å². The highest BCUT2D eigenvalue weighted by Gasteiger charge is 2.50. The number of hydrogen-bond donors (Lipinski definition) is 3. The summed E-state index contributed by atoms with van der Waals surface area (Å²) >= 11 is 0. The second-order valence-corrected chi connectivity index (χ2v) is 23.4. The molecule has 3 atom stereocenters. The summed E-state index contributed by atoms with van der Waals surface area (Å²) in [5, 5.41) is 16.3. The smallest absolute Gasteiger partial charge is 0.280 e. The minimum atomic E-state index is -2.41. The van der Waals surface area contributed by atoms with Gasteiger partial charge in [0.05, 0.1) is 12.9 Å². The fraction of sp³-hybridized carbons (Fsp3) is 0.731. The third-order valence-electron chi connectivity index (χ3n) is 8.40. The van der Waals surface area contributed by atoms with Crippen LogP contribution in [0.4, 0.5) is 5.95 Å². The number of nitrogens with one attached hydrogen (secondary N) is 2. The van der Waals surface area contributed by atoms with Gasteiger partial charge in [-0.25, -0.2) is 4.98 Å². The molecule has 0 spiro atoms. The number of rotatable bonds is 8. The maximum Gasteiger partial charge on any atom is 0.280 e. The number of imidazole rings is 1. The van der Waals surface area contributed by atoms with E-state index in [0.29, 0.717) is 5.71 Å². The van der Waals surface area contributed by atoms with Crippen molar-refractivity contribution in [3.05, 3.63) is 16.7 Å². The summed E-state index contributed by atoms with van der Waals surface area (Å²) in [6.45, 7) is 25.0. The molecule has 1 saturated heterocycles. The Morgan fingerprint density at radius 2 is 1.77 bits per heavy atom. The third-order valence-corrected chi connectivity index (χ3v) is 17.4. The van der Waals surface area contributed by atoms with Gasteiger partial charge in [0.25, 0.3) is 5.56 Å². The predicted octanol–water partition coefficient (Wildman–Crippen LogP) is 4.85. The summed E-state index contributed by atoms with van der Waals surface area (Å²) in [5.41, 5.74) is 0.102. The second kappa shape index (κ2) is 11.1. The first-order valence-corrected chi connectivity index (χ1v) is 19.5. The molecule has 1 aliphatic rings. The van der Waals surface area contributed by atoms with Gasteiger partial charge in [-0.2, -0.15) is 4.98 Å². The lowest BCUT2D eigenvalue weighted by Gasteiger charge is -2.39. The van der Waals surface area contributed by atoms with Gasteiger partial charge < -0.3 is 18.8 Å². The molecule has 40 heavy (non-hydrogen) atoms. The predicted molar refractivity (Wildman–Crippen MR) is 160 cm³/mol. The van der Waals surface area contributed by atoms with Gasteiger partial charge in [0.1, 0.15) is 17.9 Å². The van der Waals surface area contributed by atoms with E-state index in [1.807, 2.05) is 0 Å². The number of hydrogen-bond acceptors (Lipinski definition) is 9. The highest BCUT2D eigenvalue weighted by Crippen LogP contribution is 2.42. The van der Waals surface area contributed by atoms with Crippen molar-refractivity contribution < 1.29 is 23.6 Å². The number of ether oxygens (including phenoxy) is 1. The average molecular weight is 595 g/mol. The molecule has 1 amide bonds. The van der Waals surface area contributed by atoms with E-state index < -0.39 is 40.6 Å². The van der Waals surface area contributed by atoms with E-state index in [2.05, 4.69) is 93.2 Å². The van der Waals surface area contributed by atoms with E-state index in [1.165, 1.54) is 6.33 Å². The standard InChI is InChI=1S/C26H46N6O6Si2/c1-15(2)21(33)29-24-28-20-18(22(34)30-24)27-14-32(20)23-19(38-40(11,12)26(6,7)8)17(31-35)16(37-23)13-36-39(9,10)25(3,4)5/h14-16,19,23,35H,13H2,1-12H3,(H2,28,29,30,33,34)/b31-17+/t16-,19?,23-/m1/s1. The number of amides is 1. The molecule has 3 heterocycles. The van der Waals surface area contributed by atoms with E-state index in [4.69, 9.17) is 13.6 Å². The molecule has 2 aromatic heterocycles. The van der Waals surface area contributed by atoms with E-state index in [9.17, 15) is 14.8 Å². The van der Waals surface area contributed by atoms with E-state index in [-0.39, 0.29) is 45.6 Å². The van der Waals surface area contributed by atoms with Crippen LogP contribution < -0.4 is 10.9 Å². The number of H-pyrrole nitrogens is 1. The molecule has 3 rings (SSSR count). The van der Waals surface area contributed by atoms with Crippen molar-refractivity contribution in [3.8, 4) is 0 Å². The van der Waals surface area contributed by atoms with Crippen LogP contribution in [0, 0.1) is 5.92 Å². The van der Waals surface area contributed by atoms with Crippen LogP contribution in [0.1, 0.15) is 61.6 Å². The molecule has 2 aromatic rings. The number of carbonyl (C=O) groups is 1. The fourth-order valence-electron chi connectivity index (χ4n) is 3.64. The SMILES string of the molecule is CC(C)C(=O)Nc1nc2c(ncn2[C@@H]2O[C@H](CO[Si](C)(C)C(C)(C)C)/C(=N\O)C2O[Si](C)(C)C(C)(C)C)c(=O)[nH]1. The Kier molecular flexibility index (Phi) is 8.93. The number of aromatic amines is 1. The van der Waals surface area contributed by atoms with Gasteiger partial charge in [0.15, 0.2) is 34.0 Å². The van der Waals surface area contributed by atoms with Crippen molar-refractivity contribution in [1.29, 1.82) is 0 Å². The third kappa shape index (κ3) is 6.40. The Morgan fingerprint density at radius 3 is 2.30 bits per heavy atom. The van der Waals surface area contributed by atoms with Crippen molar-refractivity contribution in [2.24, 2.45) is 11.1 Å². The summed E-state index contributed by atoms with van der Waals surface area (Å²) in [4.78, 5) is 36.5. The first-order chi connectivity index (χ1) is 18.2. The van der Waals surface area contributed by atoms with E-state index in [0.717, 1.165) is 0 Å². The monoisotopic (exact) mass is 594 g/mol. The quantitative estimate of drug-likeness (QED) is 0.223. The summed E-state index contributed by atoms with van der Waals surface area (Å²) < 4.78 is 21.3. The van der Waals surface area contributed by atoms with E-state index >= 15 is 0 Å². The van der Waals surface area contributed by atoms with Crippen LogP contribution in [0.2, 0.25) is 36.3 Å². The number of fused-ring (bicyclic) bond motifs is 1. The molecule has 1 aliphatic heterocycles. The zero-order valence-corrected chi connectivity index (χ0v) is 27.9. The van der Waals surface area contributed by atoms with Crippen LogP contribution in [0.5, 0.6) is 0 Å². The van der Waals surface area contributed by atoms with Gasteiger partial charge in [-0.05, 0) is 36.3 Å². The molecule has 0 radical (unpaired) electrons. The maximum absolute atomic E-state index is 12.8. The van der Waals surface area contributed by atoms with Crippen LogP contribution in [0.15, 0.2) is 16.3 Å².